The molecule has 0 bridgehead atoms. The van der Waals surface area contributed by atoms with Crippen molar-refractivity contribution >= 4 is 35.0 Å². The van der Waals surface area contributed by atoms with E-state index < -0.39 is 6.04 Å². The van der Waals surface area contributed by atoms with E-state index in [1.807, 2.05) is 11.9 Å². The first kappa shape index (κ1) is 17.5. The molecule has 0 aromatic carbocycles. The summed E-state index contributed by atoms with van der Waals surface area (Å²) in [5.74, 6) is -0.175. The molecule has 8 heteroatoms. The number of rotatable bonds is 2. The van der Waals surface area contributed by atoms with Gasteiger partial charge in [0.05, 0.1) is 0 Å². The third-order valence-electron chi connectivity index (χ3n) is 4.62. The number of likely N-dealkylation sites (N-methyl/N-ethyl adjacent to an activating group) is 1. The number of nitrogens with zero attached hydrogens (tertiary/aromatic N) is 4. The van der Waals surface area contributed by atoms with Crippen LogP contribution >= 0.6 is 23.2 Å². The van der Waals surface area contributed by atoms with E-state index in [4.69, 9.17) is 23.2 Å². The summed E-state index contributed by atoms with van der Waals surface area (Å²) in [4.78, 5) is 35.2. The molecule has 2 amide bonds. The molecule has 0 saturated carbocycles. The lowest BCUT2D eigenvalue weighted by Crippen LogP contribution is -2.53. The maximum Gasteiger partial charge on any atom is 0.254 e. The molecule has 24 heavy (non-hydrogen) atoms. The van der Waals surface area contributed by atoms with E-state index in [1.165, 1.54) is 12.1 Å². The Kier molecular flexibility index (Phi) is 5.27. The summed E-state index contributed by atoms with van der Waals surface area (Å²) in [6, 6.07) is 2.59. The summed E-state index contributed by atoms with van der Waals surface area (Å²) in [5.41, 5.74) is 0.373. The average molecular weight is 371 g/mol. The fourth-order valence-electron chi connectivity index (χ4n) is 3.26. The Morgan fingerprint density at radius 1 is 1.08 bits per heavy atom. The number of hydrogen-bond donors (Lipinski definition) is 0. The molecule has 2 aliphatic rings. The van der Waals surface area contributed by atoms with Gasteiger partial charge in [-0.25, -0.2) is 4.98 Å². The Morgan fingerprint density at radius 2 is 1.71 bits per heavy atom. The lowest BCUT2D eigenvalue weighted by Gasteiger charge is -2.35. The Bertz CT molecular complexity index is 627. The van der Waals surface area contributed by atoms with Gasteiger partial charge in [-0.2, -0.15) is 0 Å². The van der Waals surface area contributed by atoms with Gasteiger partial charge < -0.3 is 14.7 Å². The number of hydrogen-bond acceptors (Lipinski definition) is 4. The Hall–Kier alpha value is -1.37. The number of carbonyl (C=O) groups is 2. The molecule has 3 rings (SSSR count). The summed E-state index contributed by atoms with van der Waals surface area (Å²) in [5, 5.41) is 0.346. The van der Waals surface area contributed by atoms with Gasteiger partial charge in [0.25, 0.3) is 5.91 Å². The van der Waals surface area contributed by atoms with Crippen molar-refractivity contribution in [2.75, 3.05) is 39.8 Å². The Morgan fingerprint density at radius 3 is 2.33 bits per heavy atom. The summed E-state index contributed by atoms with van der Waals surface area (Å²) in [7, 11) is 2.05. The number of carbonyl (C=O) groups excluding carboxylic acids is 2. The second-order valence-corrected chi connectivity index (χ2v) is 7.06. The van der Waals surface area contributed by atoms with Crippen LogP contribution in [0.2, 0.25) is 10.3 Å². The van der Waals surface area contributed by atoms with E-state index in [0.29, 0.717) is 31.6 Å². The van der Waals surface area contributed by atoms with Crippen molar-refractivity contribution in [3.05, 3.63) is 28.0 Å². The lowest BCUT2D eigenvalue weighted by atomic mass is 10.1. The van der Waals surface area contributed by atoms with Gasteiger partial charge >= 0.3 is 0 Å². The van der Waals surface area contributed by atoms with Crippen LogP contribution in [0.25, 0.3) is 0 Å². The number of likely N-dealkylation sites (tertiary alicyclic amines) is 1. The first-order valence-electron chi connectivity index (χ1n) is 8.07. The monoisotopic (exact) mass is 370 g/mol. The van der Waals surface area contributed by atoms with Crippen molar-refractivity contribution in [2.45, 2.75) is 18.9 Å². The molecule has 0 N–H and O–H groups in total. The fourth-order valence-corrected chi connectivity index (χ4v) is 3.72. The predicted molar refractivity (Wildman–Crippen MR) is 92.4 cm³/mol. The first-order valence-corrected chi connectivity index (χ1v) is 8.82. The summed E-state index contributed by atoms with van der Waals surface area (Å²) in [6.45, 7) is 3.71. The maximum absolute atomic E-state index is 12.8. The zero-order chi connectivity index (χ0) is 17.3. The minimum Gasteiger partial charge on any atom is -0.338 e. The molecule has 1 aromatic heterocycles. The second-order valence-electron chi connectivity index (χ2n) is 6.29. The Balaban J connectivity index is 1.75. The summed E-state index contributed by atoms with van der Waals surface area (Å²) >= 11 is 11.8. The van der Waals surface area contributed by atoms with Crippen LogP contribution < -0.4 is 0 Å². The van der Waals surface area contributed by atoms with Gasteiger partial charge in [0, 0.05) is 38.3 Å². The predicted octanol–water partition coefficient (Wildman–Crippen LogP) is 1.77. The topological polar surface area (TPSA) is 56.8 Å². The highest BCUT2D eigenvalue weighted by Gasteiger charge is 2.37. The molecule has 2 aliphatic heterocycles. The van der Waals surface area contributed by atoms with E-state index >= 15 is 0 Å². The molecule has 2 fully saturated rings. The molecule has 0 aliphatic carbocycles. The molecule has 130 valence electrons. The van der Waals surface area contributed by atoms with Crippen LogP contribution in [0, 0.1) is 0 Å². The highest BCUT2D eigenvalue weighted by atomic mass is 35.5. The van der Waals surface area contributed by atoms with Crippen LogP contribution in [-0.2, 0) is 4.79 Å². The zero-order valence-electron chi connectivity index (χ0n) is 13.5. The van der Waals surface area contributed by atoms with E-state index in [2.05, 4.69) is 9.88 Å². The highest BCUT2D eigenvalue weighted by molar-refractivity contribution is 6.33. The number of amides is 2. The smallest absolute Gasteiger partial charge is 0.254 e. The average Bonchev–Trinajstić information content (AvgIpc) is 3.02. The van der Waals surface area contributed by atoms with Crippen LogP contribution in [0.4, 0.5) is 0 Å². The molecular weight excluding hydrogens is 351 g/mol. The third kappa shape index (κ3) is 3.66. The minimum atomic E-state index is -0.397. The highest BCUT2D eigenvalue weighted by Crippen LogP contribution is 2.24. The largest absolute Gasteiger partial charge is 0.338 e. The van der Waals surface area contributed by atoms with Gasteiger partial charge in [-0.3, -0.25) is 9.59 Å². The minimum absolute atomic E-state index is 0.0419. The standard InChI is InChI=1S/C16H20Cl2N4O2/c1-20-5-7-21(8-6-20)16(24)12-3-2-4-22(12)15(23)11-9-13(17)19-14(18)10-11/h9-10,12H,2-8H2,1H3. The van der Waals surface area contributed by atoms with Crippen molar-refractivity contribution in [1.29, 1.82) is 0 Å². The molecule has 0 spiro atoms. The van der Waals surface area contributed by atoms with Crippen molar-refractivity contribution < 1.29 is 9.59 Å². The SMILES string of the molecule is CN1CCN(C(=O)C2CCCN2C(=O)c2cc(Cl)nc(Cl)c2)CC1. The van der Waals surface area contributed by atoms with Gasteiger partial charge in [-0.1, -0.05) is 23.2 Å². The molecule has 1 unspecified atom stereocenters. The van der Waals surface area contributed by atoms with Gasteiger partial charge in [-0.15, -0.1) is 0 Å². The van der Waals surface area contributed by atoms with Crippen molar-refractivity contribution in [2.24, 2.45) is 0 Å². The molecule has 3 heterocycles. The van der Waals surface area contributed by atoms with Gasteiger partial charge in [0.1, 0.15) is 16.3 Å². The van der Waals surface area contributed by atoms with Crippen molar-refractivity contribution in [3.8, 4) is 0 Å². The molecule has 1 aromatic rings. The van der Waals surface area contributed by atoms with E-state index in [0.717, 1.165) is 19.5 Å². The molecule has 6 nitrogen and oxygen atoms in total. The summed E-state index contributed by atoms with van der Waals surface area (Å²) in [6.07, 6.45) is 1.52. The van der Waals surface area contributed by atoms with Crippen molar-refractivity contribution in [1.82, 2.24) is 19.7 Å². The fraction of sp³-hybridized carbons (Fsp3) is 0.562. The molecular formula is C16H20Cl2N4O2. The lowest BCUT2D eigenvalue weighted by molar-refractivity contribution is -0.136. The third-order valence-corrected chi connectivity index (χ3v) is 5.01. The van der Waals surface area contributed by atoms with Crippen LogP contribution in [0.5, 0.6) is 0 Å². The van der Waals surface area contributed by atoms with Gasteiger partial charge in [0.15, 0.2) is 0 Å². The number of halogens is 2. The second kappa shape index (κ2) is 7.25. The number of piperazine rings is 1. The van der Waals surface area contributed by atoms with E-state index in [-0.39, 0.29) is 22.1 Å². The normalized spacial score (nSPS) is 22.0. The van der Waals surface area contributed by atoms with Gasteiger partial charge in [-0.05, 0) is 32.0 Å². The van der Waals surface area contributed by atoms with Crippen molar-refractivity contribution in [3.63, 3.8) is 0 Å². The molecule has 2 saturated heterocycles. The molecule has 1 atom stereocenters. The van der Waals surface area contributed by atoms with Gasteiger partial charge in [0.2, 0.25) is 5.91 Å². The Labute approximate surface area is 151 Å². The van der Waals surface area contributed by atoms with Crippen LogP contribution in [0.15, 0.2) is 12.1 Å². The molecule has 0 radical (unpaired) electrons. The first-order chi connectivity index (χ1) is 11.5. The van der Waals surface area contributed by atoms with Crippen LogP contribution in [0.3, 0.4) is 0 Å². The maximum atomic E-state index is 12.8. The quantitative estimate of drug-likeness (QED) is 0.744. The summed E-state index contributed by atoms with van der Waals surface area (Å²) < 4.78 is 0. The van der Waals surface area contributed by atoms with Crippen LogP contribution in [-0.4, -0.2) is 77.3 Å². The number of aromatic nitrogens is 1. The number of pyridine rings is 1. The zero-order valence-corrected chi connectivity index (χ0v) is 15.1. The van der Waals surface area contributed by atoms with E-state index in [9.17, 15) is 9.59 Å². The van der Waals surface area contributed by atoms with Crippen LogP contribution in [0.1, 0.15) is 23.2 Å². The van der Waals surface area contributed by atoms with E-state index in [1.54, 1.807) is 4.90 Å².